The minimum Gasteiger partial charge on any atom is -0.345 e. The van der Waals surface area contributed by atoms with E-state index in [0.29, 0.717) is 28.8 Å². The summed E-state index contributed by atoms with van der Waals surface area (Å²) >= 11 is 6.07. The lowest BCUT2D eigenvalue weighted by molar-refractivity contribution is -0.134. The maximum Gasteiger partial charge on any atom is 0.255 e. The van der Waals surface area contributed by atoms with Gasteiger partial charge in [-0.15, -0.1) is 0 Å². The number of nitrogens with zero attached hydrogens (tertiary/aromatic N) is 3. The van der Waals surface area contributed by atoms with Crippen molar-refractivity contribution in [3.05, 3.63) is 29.0 Å². The van der Waals surface area contributed by atoms with Gasteiger partial charge in [0.25, 0.3) is 5.91 Å². The number of piperidine rings is 1. The molecule has 1 saturated carbocycles. The maximum absolute atomic E-state index is 12.6. The molecule has 0 radical (unpaired) electrons. The van der Waals surface area contributed by atoms with Gasteiger partial charge in [-0.05, 0) is 30.7 Å². The average molecular weight is 322 g/mol. The lowest BCUT2D eigenvalue weighted by Gasteiger charge is -2.31. The Labute approximate surface area is 135 Å². The van der Waals surface area contributed by atoms with Crippen LogP contribution < -0.4 is 0 Å². The molecule has 2 amide bonds. The number of halogens is 1. The van der Waals surface area contributed by atoms with E-state index in [2.05, 4.69) is 4.98 Å². The van der Waals surface area contributed by atoms with Gasteiger partial charge < -0.3 is 9.80 Å². The molecule has 0 spiro atoms. The van der Waals surface area contributed by atoms with Crippen molar-refractivity contribution < 1.29 is 9.59 Å². The Kier molecular flexibility index (Phi) is 4.08. The molecular weight excluding hydrogens is 302 g/mol. The lowest BCUT2D eigenvalue weighted by Crippen LogP contribution is -2.39. The van der Waals surface area contributed by atoms with Gasteiger partial charge in [-0.2, -0.15) is 0 Å². The van der Waals surface area contributed by atoms with Crippen molar-refractivity contribution >= 4 is 23.4 Å². The molecule has 0 bridgehead atoms. The lowest BCUT2D eigenvalue weighted by atomic mass is 9.88. The van der Waals surface area contributed by atoms with Crippen molar-refractivity contribution in [2.75, 3.05) is 20.6 Å². The summed E-state index contributed by atoms with van der Waals surface area (Å²) in [6, 6.07) is 1.83. The second kappa shape index (κ2) is 5.88. The van der Waals surface area contributed by atoms with Crippen LogP contribution >= 0.6 is 11.6 Å². The number of likely N-dealkylation sites (tertiary alicyclic amines) is 1. The van der Waals surface area contributed by atoms with E-state index in [1.165, 1.54) is 6.20 Å². The van der Waals surface area contributed by atoms with Gasteiger partial charge in [-0.1, -0.05) is 11.6 Å². The highest BCUT2D eigenvalue weighted by molar-refractivity contribution is 6.33. The number of rotatable bonds is 2. The van der Waals surface area contributed by atoms with Crippen LogP contribution in [0.2, 0.25) is 5.02 Å². The van der Waals surface area contributed by atoms with E-state index in [0.717, 1.165) is 19.4 Å². The Hall–Kier alpha value is -1.62. The topological polar surface area (TPSA) is 53.5 Å². The predicted octanol–water partition coefficient (Wildman–Crippen LogP) is 2.06. The molecule has 22 heavy (non-hydrogen) atoms. The Morgan fingerprint density at radius 1 is 1.41 bits per heavy atom. The van der Waals surface area contributed by atoms with Gasteiger partial charge in [-0.3, -0.25) is 14.6 Å². The minimum atomic E-state index is -0.0734. The SMILES string of the molecule is CN1C[C@@H]2C[C@H](N(C)C(=O)c3ccncc3Cl)C[C@@H]2CC1=O. The molecule has 0 unspecified atom stereocenters. The van der Waals surface area contributed by atoms with Gasteiger partial charge >= 0.3 is 0 Å². The molecule has 5 nitrogen and oxygen atoms in total. The van der Waals surface area contributed by atoms with Crippen molar-refractivity contribution in [3.63, 3.8) is 0 Å². The fraction of sp³-hybridized carbons (Fsp3) is 0.562. The summed E-state index contributed by atoms with van der Waals surface area (Å²) in [5.74, 6) is 1.04. The van der Waals surface area contributed by atoms with Crippen molar-refractivity contribution in [1.29, 1.82) is 0 Å². The summed E-state index contributed by atoms with van der Waals surface area (Å²) in [7, 11) is 3.68. The number of aromatic nitrogens is 1. The first-order valence-corrected chi connectivity index (χ1v) is 7.95. The molecule has 2 heterocycles. The summed E-state index contributed by atoms with van der Waals surface area (Å²) in [5.41, 5.74) is 0.488. The number of hydrogen-bond acceptors (Lipinski definition) is 3. The van der Waals surface area contributed by atoms with Crippen LogP contribution in [0.3, 0.4) is 0 Å². The Morgan fingerprint density at radius 2 is 2.14 bits per heavy atom. The first-order valence-electron chi connectivity index (χ1n) is 7.58. The van der Waals surface area contributed by atoms with Crippen LogP contribution in [0.4, 0.5) is 0 Å². The molecule has 3 rings (SSSR count). The van der Waals surface area contributed by atoms with Crippen LogP contribution in [0.15, 0.2) is 18.5 Å². The largest absolute Gasteiger partial charge is 0.345 e. The van der Waals surface area contributed by atoms with Gasteiger partial charge in [-0.25, -0.2) is 0 Å². The standard InChI is InChI=1S/C16H20ClN3O2/c1-19-9-11-6-12(5-10(11)7-15(19)21)20(2)16(22)13-3-4-18-8-14(13)17/h3-4,8,10-12H,5-7,9H2,1-2H3/t10-,11+,12-/m1/s1. The molecule has 2 aliphatic rings. The van der Waals surface area contributed by atoms with Gasteiger partial charge in [0.1, 0.15) is 0 Å². The molecule has 1 aromatic heterocycles. The second-order valence-electron chi connectivity index (χ2n) is 6.40. The van der Waals surface area contributed by atoms with Crippen molar-refractivity contribution in [1.82, 2.24) is 14.8 Å². The van der Waals surface area contributed by atoms with Crippen LogP contribution in [0.5, 0.6) is 0 Å². The molecule has 0 N–H and O–H groups in total. The summed E-state index contributed by atoms with van der Waals surface area (Å²) < 4.78 is 0. The number of pyridine rings is 1. The zero-order valence-electron chi connectivity index (χ0n) is 12.8. The molecule has 118 valence electrons. The van der Waals surface area contributed by atoms with Crippen molar-refractivity contribution in [2.45, 2.75) is 25.3 Å². The van der Waals surface area contributed by atoms with Crippen molar-refractivity contribution in [3.8, 4) is 0 Å². The highest BCUT2D eigenvalue weighted by atomic mass is 35.5. The van der Waals surface area contributed by atoms with Crippen LogP contribution in [0, 0.1) is 11.8 Å². The fourth-order valence-corrected chi connectivity index (χ4v) is 3.91. The summed E-state index contributed by atoms with van der Waals surface area (Å²) in [6.45, 7) is 0.804. The average Bonchev–Trinajstić information content (AvgIpc) is 2.89. The van der Waals surface area contributed by atoms with Crippen molar-refractivity contribution in [2.24, 2.45) is 11.8 Å². The molecule has 1 aliphatic heterocycles. The normalized spacial score (nSPS) is 27.7. The summed E-state index contributed by atoms with van der Waals surface area (Å²) in [6.07, 6.45) is 5.53. The number of carbonyl (C=O) groups excluding carboxylic acids is 2. The number of amides is 2. The van der Waals surface area contributed by atoms with E-state index in [9.17, 15) is 9.59 Å². The first-order chi connectivity index (χ1) is 10.5. The molecule has 1 saturated heterocycles. The third kappa shape index (κ3) is 2.70. The molecule has 6 heteroatoms. The number of hydrogen-bond donors (Lipinski definition) is 0. The second-order valence-corrected chi connectivity index (χ2v) is 6.80. The van der Waals surface area contributed by atoms with Gasteiger partial charge in [0.15, 0.2) is 0 Å². The fourth-order valence-electron chi connectivity index (χ4n) is 3.71. The minimum absolute atomic E-state index is 0.0734. The monoisotopic (exact) mass is 321 g/mol. The van der Waals surface area contributed by atoms with E-state index < -0.39 is 0 Å². The Balaban J connectivity index is 1.72. The quantitative estimate of drug-likeness (QED) is 0.838. The zero-order valence-corrected chi connectivity index (χ0v) is 13.6. The highest BCUT2D eigenvalue weighted by Crippen LogP contribution is 2.40. The zero-order chi connectivity index (χ0) is 15.9. The number of fused-ring (bicyclic) bond motifs is 1. The summed E-state index contributed by atoms with van der Waals surface area (Å²) in [4.78, 5) is 32.0. The van der Waals surface area contributed by atoms with E-state index in [1.54, 1.807) is 17.2 Å². The maximum atomic E-state index is 12.6. The van der Waals surface area contributed by atoms with E-state index in [1.807, 2.05) is 19.0 Å². The molecular formula is C16H20ClN3O2. The van der Waals surface area contributed by atoms with Crippen LogP contribution in [-0.4, -0.2) is 53.3 Å². The Morgan fingerprint density at radius 3 is 2.86 bits per heavy atom. The molecule has 2 fully saturated rings. The van der Waals surface area contributed by atoms with Gasteiger partial charge in [0, 0.05) is 45.5 Å². The smallest absolute Gasteiger partial charge is 0.255 e. The third-order valence-electron chi connectivity index (χ3n) is 5.06. The van der Waals surface area contributed by atoms with E-state index in [4.69, 9.17) is 11.6 Å². The van der Waals surface area contributed by atoms with Gasteiger partial charge in [0.2, 0.25) is 5.91 Å². The number of carbonyl (C=O) groups is 2. The van der Waals surface area contributed by atoms with E-state index in [-0.39, 0.29) is 17.9 Å². The first kappa shape index (κ1) is 15.3. The van der Waals surface area contributed by atoms with Crippen LogP contribution in [-0.2, 0) is 4.79 Å². The highest BCUT2D eigenvalue weighted by Gasteiger charge is 2.42. The molecule has 1 aromatic rings. The summed E-state index contributed by atoms with van der Waals surface area (Å²) in [5, 5.41) is 0.379. The molecule has 3 atom stereocenters. The van der Waals surface area contributed by atoms with E-state index >= 15 is 0 Å². The third-order valence-corrected chi connectivity index (χ3v) is 5.36. The molecule has 0 aromatic carbocycles. The Bertz CT molecular complexity index is 607. The van der Waals surface area contributed by atoms with Gasteiger partial charge in [0.05, 0.1) is 10.6 Å². The predicted molar refractivity (Wildman–Crippen MR) is 83.6 cm³/mol. The molecule has 1 aliphatic carbocycles. The van der Waals surface area contributed by atoms with Crippen LogP contribution in [0.25, 0.3) is 0 Å². The van der Waals surface area contributed by atoms with Crippen LogP contribution in [0.1, 0.15) is 29.6 Å².